The zero-order valence-electron chi connectivity index (χ0n) is 11.6. The van der Waals surface area contributed by atoms with Crippen LogP contribution in [0, 0.1) is 0 Å². The maximum Gasteiger partial charge on any atom is 0.333 e. The molecule has 1 aliphatic heterocycles. The number of amides is 3. The summed E-state index contributed by atoms with van der Waals surface area (Å²) in [6, 6.07) is 10.7. The van der Waals surface area contributed by atoms with Crippen molar-refractivity contribution in [1.82, 2.24) is 5.32 Å². The highest BCUT2D eigenvalue weighted by Gasteiger charge is 2.34. The van der Waals surface area contributed by atoms with Crippen LogP contribution < -0.4 is 10.2 Å². The number of halogens is 2. The van der Waals surface area contributed by atoms with E-state index in [2.05, 4.69) is 21.2 Å². The highest BCUT2D eigenvalue weighted by molar-refractivity contribution is 9.10. The molecule has 2 aromatic carbocycles. The molecule has 7 heteroatoms. The number of imide groups is 1. The Bertz CT molecular complexity index is 834. The van der Waals surface area contributed by atoms with Gasteiger partial charge in [-0.15, -0.1) is 0 Å². The molecule has 0 aliphatic carbocycles. The van der Waals surface area contributed by atoms with Crippen molar-refractivity contribution in [2.24, 2.45) is 0 Å². The maximum atomic E-state index is 12.4. The lowest BCUT2D eigenvalue weighted by Crippen LogP contribution is -2.30. The first-order chi connectivity index (χ1) is 11.0. The number of phenols is 1. The fraction of sp³-hybridized carbons (Fsp3) is 0. The summed E-state index contributed by atoms with van der Waals surface area (Å²) in [7, 11) is 0. The van der Waals surface area contributed by atoms with Crippen molar-refractivity contribution >= 4 is 51.2 Å². The van der Waals surface area contributed by atoms with E-state index in [-0.39, 0.29) is 11.4 Å². The van der Waals surface area contributed by atoms with Gasteiger partial charge in [-0.1, -0.05) is 17.7 Å². The molecule has 0 bridgehead atoms. The van der Waals surface area contributed by atoms with E-state index in [1.807, 2.05) is 0 Å². The monoisotopic (exact) mass is 392 g/mol. The molecule has 0 unspecified atom stereocenters. The summed E-state index contributed by atoms with van der Waals surface area (Å²) in [5.41, 5.74) is 1.26. The molecular weight excluding hydrogens is 384 g/mol. The van der Waals surface area contributed by atoms with Gasteiger partial charge in [-0.2, -0.15) is 0 Å². The van der Waals surface area contributed by atoms with Gasteiger partial charge >= 0.3 is 6.03 Å². The molecule has 0 aromatic heterocycles. The maximum absolute atomic E-state index is 12.4. The third-order valence-corrected chi connectivity index (χ3v) is 4.13. The van der Waals surface area contributed by atoms with Crippen LogP contribution in [0.4, 0.5) is 10.5 Å². The minimum atomic E-state index is -0.526. The molecule has 0 radical (unpaired) electrons. The number of urea groups is 1. The summed E-state index contributed by atoms with van der Waals surface area (Å²) in [5, 5.41) is 12.5. The van der Waals surface area contributed by atoms with Crippen LogP contribution in [0.15, 0.2) is 52.6 Å². The Morgan fingerprint density at radius 3 is 2.48 bits per heavy atom. The predicted molar refractivity (Wildman–Crippen MR) is 91.3 cm³/mol. The van der Waals surface area contributed by atoms with E-state index in [1.165, 1.54) is 6.07 Å². The first-order valence-electron chi connectivity index (χ1n) is 6.57. The van der Waals surface area contributed by atoms with Crippen molar-refractivity contribution in [2.45, 2.75) is 0 Å². The van der Waals surface area contributed by atoms with E-state index < -0.39 is 11.9 Å². The SMILES string of the molecule is O=C1N/C(=C/c2ccc(O)c(Br)c2)C(=O)N1c1ccc(Cl)cc1. The first-order valence-corrected chi connectivity index (χ1v) is 7.74. The Morgan fingerprint density at radius 2 is 1.83 bits per heavy atom. The Kier molecular flexibility index (Phi) is 4.11. The third-order valence-electron chi connectivity index (χ3n) is 3.25. The lowest BCUT2D eigenvalue weighted by Gasteiger charge is -2.11. The van der Waals surface area contributed by atoms with Crippen LogP contribution in [-0.2, 0) is 4.79 Å². The molecule has 2 aromatic rings. The second-order valence-corrected chi connectivity index (χ2v) is 6.11. The molecule has 2 N–H and O–H groups in total. The number of rotatable bonds is 2. The quantitative estimate of drug-likeness (QED) is 0.600. The number of aromatic hydroxyl groups is 1. The van der Waals surface area contributed by atoms with E-state index >= 15 is 0 Å². The zero-order chi connectivity index (χ0) is 16.6. The van der Waals surface area contributed by atoms with Crippen LogP contribution in [0.1, 0.15) is 5.56 Å². The van der Waals surface area contributed by atoms with E-state index in [4.69, 9.17) is 11.6 Å². The summed E-state index contributed by atoms with van der Waals surface area (Å²) in [6.45, 7) is 0. The minimum Gasteiger partial charge on any atom is -0.507 e. The molecule has 1 heterocycles. The van der Waals surface area contributed by atoms with Crippen LogP contribution in [-0.4, -0.2) is 17.0 Å². The number of benzene rings is 2. The normalized spacial score (nSPS) is 16.1. The Hall–Kier alpha value is -2.31. The third kappa shape index (κ3) is 3.09. The van der Waals surface area contributed by atoms with Crippen molar-refractivity contribution in [1.29, 1.82) is 0 Å². The molecular formula is C16H10BrClN2O3. The number of carbonyl (C=O) groups is 2. The highest BCUT2D eigenvalue weighted by Crippen LogP contribution is 2.27. The molecule has 23 heavy (non-hydrogen) atoms. The van der Waals surface area contributed by atoms with E-state index in [9.17, 15) is 14.7 Å². The summed E-state index contributed by atoms with van der Waals surface area (Å²) < 4.78 is 0.498. The number of phenolic OH excluding ortho intramolecular Hbond substituents is 1. The Labute approximate surface area is 145 Å². The average molecular weight is 394 g/mol. The van der Waals surface area contributed by atoms with Crippen molar-refractivity contribution in [3.8, 4) is 5.75 Å². The van der Waals surface area contributed by atoms with Gasteiger partial charge in [0.25, 0.3) is 5.91 Å². The molecule has 1 fully saturated rings. The summed E-state index contributed by atoms with van der Waals surface area (Å²) in [5.74, 6) is -0.363. The number of nitrogens with one attached hydrogen (secondary N) is 1. The van der Waals surface area contributed by atoms with Gasteiger partial charge in [0.1, 0.15) is 11.4 Å². The molecule has 1 aliphatic rings. The average Bonchev–Trinajstić information content (AvgIpc) is 2.79. The molecule has 3 amide bonds. The van der Waals surface area contributed by atoms with Crippen LogP contribution in [0.3, 0.4) is 0 Å². The number of carbonyl (C=O) groups excluding carboxylic acids is 2. The lowest BCUT2D eigenvalue weighted by atomic mass is 10.2. The first kappa shape index (κ1) is 15.6. The van der Waals surface area contributed by atoms with Gasteiger partial charge in [-0.25, -0.2) is 9.69 Å². The lowest BCUT2D eigenvalue weighted by molar-refractivity contribution is -0.113. The number of nitrogens with zero attached hydrogens (tertiary/aromatic N) is 1. The second-order valence-electron chi connectivity index (χ2n) is 4.82. The van der Waals surface area contributed by atoms with E-state index in [0.29, 0.717) is 20.7 Å². The molecule has 0 atom stereocenters. The minimum absolute atomic E-state index is 0.0942. The molecule has 116 valence electrons. The van der Waals surface area contributed by atoms with Gasteiger partial charge in [0.15, 0.2) is 0 Å². The highest BCUT2D eigenvalue weighted by atomic mass is 79.9. The topological polar surface area (TPSA) is 69.6 Å². The number of hydrogen-bond acceptors (Lipinski definition) is 3. The molecule has 3 rings (SSSR count). The van der Waals surface area contributed by atoms with Gasteiger partial charge in [0.2, 0.25) is 0 Å². The zero-order valence-corrected chi connectivity index (χ0v) is 13.9. The number of anilines is 1. The Balaban J connectivity index is 1.92. The molecule has 5 nitrogen and oxygen atoms in total. The van der Waals surface area contributed by atoms with Gasteiger partial charge in [-0.3, -0.25) is 4.79 Å². The van der Waals surface area contributed by atoms with Crippen molar-refractivity contribution in [2.75, 3.05) is 4.90 Å². The largest absolute Gasteiger partial charge is 0.507 e. The van der Waals surface area contributed by atoms with Gasteiger partial charge in [0, 0.05) is 5.02 Å². The van der Waals surface area contributed by atoms with Crippen LogP contribution in [0.25, 0.3) is 6.08 Å². The van der Waals surface area contributed by atoms with Crippen molar-refractivity contribution in [3.63, 3.8) is 0 Å². The fourth-order valence-electron chi connectivity index (χ4n) is 2.14. The van der Waals surface area contributed by atoms with Crippen LogP contribution in [0.2, 0.25) is 5.02 Å². The van der Waals surface area contributed by atoms with Crippen LogP contribution in [0.5, 0.6) is 5.75 Å². The van der Waals surface area contributed by atoms with Gasteiger partial charge in [-0.05, 0) is 64.0 Å². The van der Waals surface area contributed by atoms with Crippen LogP contribution >= 0.6 is 27.5 Å². The van der Waals surface area contributed by atoms with E-state index in [0.717, 1.165) is 4.90 Å². The summed E-state index contributed by atoms with van der Waals surface area (Å²) >= 11 is 9.02. The van der Waals surface area contributed by atoms with Crippen molar-refractivity contribution < 1.29 is 14.7 Å². The molecule has 0 spiro atoms. The van der Waals surface area contributed by atoms with Gasteiger partial charge in [0.05, 0.1) is 10.2 Å². The fourth-order valence-corrected chi connectivity index (χ4v) is 2.66. The Morgan fingerprint density at radius 1 is 1.13 bits per heavy atom. The predicted octanol–water partition coefficient (Wildman–Crippen LogP) is 3.91. The number of hydrogen-bond donors (Lipinski definition) is 2. The molecule has 0 saturated carbocycles. The standard InChI is InChI=1S/C16H10BrClN2O3/c17-12-7-9(1-6-14(12)21)8-13-15(22)20(16(23)19-13)11-4-2-10(18)3-5-11/h1-8,21H,(H,19,23)/b13-8+. The summed E-state index contributed by atoms with van der Waals surface area (Å²) in [6.07, 6.45) is 1.54. The summed E-state index contributed by atoms with van der Waals surface area (Å²) in [4.78, 5) is 25.5. The van der Waals surface area contributed by atoms with E-state index in [1.54, 1.807) is 42.5 Å². The van der Waals surface area contributed by atoms with Gasteiger partial charge < -0.3 is 10.4 Å². The molecule has 1 saturated heterocycles. The van der Waals surface area contributed by atoms with Crippen molar-refractivity contribution in [3.05, 3.63) is 63.2 Å². The smallest absolute Gasteiger partial charge is 0.333 e. The second kappa shape index (κ2) is 6.06.